The maximum Gasteiger partial charge on any atom is 0.168 e. The van der Waals surface area contributed by atoms with Crippen molar-refractivity contribution in [1.82, 2.24) is 0 Å². The summed E-state index contributed by atoms with van der Waals surface area (Å²) < 4.78 is 29.3. The number of rotatable bonds is 1. The summed E-state index contributed by atoms with van der Waals surface area (Å²) >= 11 is 0. The summed E-state index contributed by atoms with van der Waals surface area (Å²) in [5, 5.41) is 0. The lowest BCUT2D eigenvalue weighted by Crippen LogP contribution is -2.25. The average molecular weight is 217 g/mol. The molecule has 80 valence electrons. The highest BCUT2D eigenvalue weighted by molar-refractivity contribution is 7.84. The van der Waals surface area contributed by atoms with Crippen molar-refractivity contribution < 1.29 is 17.5 Å². The van der Waals surface area contributed by atoms with Gasteiger partial charge in [0, 0.05) is 18.4 Å². The summed E-state index contributed by atoms with van der Waals surface area (Å²) in [4.78, 5) is 0. The largest absolute Gasteiger partial charge is 0.748 e. The third-order valence-electron chi connectivity index (χ3n) is 1.46. The van der Waals surface area contributed by atoms with Crippen molar-refractivity contribution in [1.29, 1.82) is 0 Å². The van der Waals surface area contributed by atoms with E-state index in [9.17, 15) is 0 Å². The van der Waals surface area contributed by atoms with Crippen molar-refractivity contribution >= 4 is 10.1 Å². The van der Waals surface area contributed by atoms with Gasteiger partial charge in [0.1, 0.15) is 7.05 Å². The van der Waals surface area contributed by atoms with E-state index in [1.807, 2.05) is 11.6 Å². The standard InChI is InChI=1S/C8H12N.CH4O3S/c1-3-8-4-6-9(2)7-5-8;1-5(2,3)4/h4-7H,3H2,1-2H3;1H3,(H,2,3,4)/q+1;/p-1. The van der Waals surface area contributed by atoms with Gasteiger partial charge in [-0.1, -0.05) is 6.92 Å². The summed E-state index contributed by atoms with van der Waals surface area (Å²) in [5.74, 6) is 0. The molecule has 1 rings (SSSR count). The number of nitrogens with zero attached hydrogens (tertiary/aromatic N) is 1. The van der Waals surface area contributed by atoms with Crippen molar-refractivity contribution in [2.75, 3.05) is 6.26 Å². The first-order valence-electron chi connectivity index (χ1n) is 4.18. The number of hydrogen-bond acceptors (Lipinski definition) is 3. The van der Waals surface area contributed by atoms with Crippen molar-refractivity contribution in [3.05, 3.63) is 30.1 Å². The third-order valence-corrected chi connectivity index (χ3v) is 1.46. The first-order valence-corrected chi connectivity index (χ1v) is 5.99. The fraction of sp³-hybridized carbons (Fsp3) is 0.444. The van der Waals surface area contributed by atoms with Crippen molar-refractivity contribution in [2.45, 2.75) is 13.3 Å². The highest BCUT2D eigenvalue weighted by Gasteiger charge is 1.89. The minimum atomic E-state index is -3.92. The van der Waals surface area contributed by atoms with Crippen LogP contribution in [0.3, 0.4) is 0 Å². The Morgan fingerprint density at radius 3 is 2.00 bits per heavy atom. The highest BCUT2D eigenvalue weighted by atomic mass is 32.2. The first kappa shape index (κ1) is 13.1. The van der Waals surface area contributed by atoms with E-state index < -0.39 is 10.1 Å². The Morgan fingerprint density at radius 2 is 1.71 bits per heavy atom. The fourth-order valence-corrected chi connectivity index (χ4v) is 0.768. The van der Waals surface area contributed by atoms with Crippen LogP contribution in [-0.2, 0) is 23.6 Å². The number of aryl methyl sites for hydroxylation is 2. The number of aromatic nitrogens is 1. The zero-order valence-corrected chi connectivity index (χ0v) is 9.41. The molecular weight excluding hydrogens is 202 g/mol. The quantitative estimate of drug-likeness (QED) is 0.500. The van der Waals surface area contributed by atoms with E-state index in [2.05, 4.69) is 31.5 Å². The van der Waals surface area contributed by atoms with Gasteiger partial charge in [-0.2, -0.15) is 0 Å². The number of hydrogen-bond donors (Lipinski definition) is 0. The molecule has 0 amide bonds. The molecule has 0 aliphatic carbocycles. The molecule has 0 unspecified atom stereocenters. The minimum absolute atomic E-state index is 0.604. The fourth-order valence-electron chi connectivity index (χ4n) is 0.768. The van der Waals surface area contributed by atoms with Gasteiger partial charge >= 0.3 is 0 Å². The average Bonchev–Trinajstić information content (AvgIpc) is 2.03. The van der Waals surface area contributed by atoms with Crippen LogP contribution in [0.1, 0.15) is 12.5 Å². The van der Waals surface area contributed by atoms with E-state index >= 15 is 0 Å². The normalized spacial score (nSPS) is 10.3. The van der Waals surface area contributed by atoms with Crippen molar-refractivity contribution in [3.8, 4) is 0 Å². The highest BCUT2D eigenvalue weighted by Crippen LogP contribution is 1.93. The predicted octanol–water partition coefficient (Wildman–Crippen LogP) is 0.235. The maximum absolute atomic E-state index is 9.08. The van der Waals surface area contributed by atoms with E-state index in [4.69, 9.17) is 13.0 Å². The van der Waals surface area contributed by atoms with Gasteiger partial charge in [-0.3, -0.25) is 0 Å². The number of pyridine rings is 1. The van der Waals surface area contributed by atoms with Gasteiger partial charge in [-0.05, 0) is 12.0 Å². The van der Waals surface area contributed by atoms with E-state index in [0.717, 1.165) is 6.42 Å². The molecule has 0 aliphatic rings. The molecule has 5 heteroatoms. The first-order chi connectivity index (χ1) is 6.33. The molecular formula is C9H15NO3S. The third kappa shape index (κ3) is 9.15. The molecule has 0 saturated heterocycles. The SMILES string of the molecule is CCc1cc[n+](C)cc1.CS(=O)(=O)[O-]. The Balaban J connectivity index is 0.000000292. The van der Waals surface area contributed by atoms with E-state index in [0.29, 0.717) is 6.26 Å². The molecule has 0 bridgehead atoms. The maximum atomic E-state index is 9.08. The zero-order valence-electron chi connectivity index (χ0n) is 8.60. The Bertz CT molecular complexity index is 348. The van der Waals surface area contributed by atoms with Gasteiger partial charge in [-0.25, -0.2) is 13.0 Å². The van der Waals surface area contributed by atoms with E-state index in [1.54, 1.807) is 0 Å². The topological polar surface area (TPSA) is 61.1 Å². The molecule has 1 aromatic heterocycles. The zero-order chi connectivity index (χ0) is 11.2. The lowest BCUT2D eigenvalue weighted by molar-refractivity contribution is -0.671. The molecule has 0 spiro atoms. The molecule has 0 radical (unpaired) electrons. The Kier molecular flexibility index (Phi) is 5.34. The van der Waals surface area contributed by atoms with E-state index in [-0.39, 0.29) is 0 Å². The monoisotopic (exact) mass is 217 g/mol. The minimum Gasteiger partial charge on any atom is -0.748 e. The Labute approximate surface area is 85.0 Å². The molecule has 1 heterocycles. The van der Waals surface area contributed by atoms with Crippen LogP contribution in [0.15, 0.2) is 24.5 Å². The molecule has 0 atom stereocenters. The molecule has 0 saturated carbocycles. The molecule has 1 aromatic rings. The molecule has 14 heavy (non-hydrogen) atoms. The van der Waals surface area contributed by atoms with Gasteiger partial charge < -0.3 is 4.55 Å². The van der Waals surface area contributed by atoms with Crippen LogP contribution < -0.4 is 4.57 Å². The van der Waals surface area contributed by atoms with Crippen LogP contribution in [0.5, 0.6) is 0 Å². The van der Waals surface area contributed by atoms with Crippen LogP contribution in [0, 0.1) is 0 Å². The second kappa shape index (κ2) is 5.72. The van der Waals surface area contributed by atoms with Crippen molar-refractivity contribution in [3.63, 3.8) is 0 Å². The van der Waals surface area contributed by atoms with Crippen LogP contribution in [0.25, 0.3) is 0 Å². The smallest absolute Gasteiger partial charge is 0.168 e. The summed E-state index contributed by atoms with van der Waals surface area (Å²) in [5.41, 5.74) is 1.40. The van der Waals surface area contributed by atoms with Gasteiger partial charge in [-0.15, -0.1) is 0 Å². The van der Waals surface area contributed by atoms with Crippen LogP contribution >= 0.6 is 0 Å². The predicted molar refractivity (Wildman–Crippen MR) is 52.6 cm³/mol. The van der Waals surface area contributed by atoms with Crippen LogP contribution in [-0.4, -0.2) is 19.2 Å². The van der Waals surface area contributed by atoms with Gasteiger partial charge in [0.2, 0.25) is 0 Å². The second-order valence-electron chi connectivity index (χ2n) is 2.93. The summed E-state index contributed by atoms with van der Waals surface area (Å²) in [7, 11) is -1.89. The molecule has 0 N–H and O–H groups in total. The van der Waals surface area contributed by atoms with Crippen LogP contribution in [0.2, 0.25) is 0 Å². The molecule has 0 fully saturated rings. The second-order valence-corrected chi connectivity index (χ2v) is 4.34. The van der Waals surface area contributed by atoms with Gasteiger partial charge in [0.25, 0.3) is 0 Å². The lowest BCUT2D eigenvalue weighted by atomic mass is 10.2. The van der Waals surface area contributed by atoms with Gasteiger partial charge in [0.05, 0.1) is 10.1 Å². The molecule has 0 aromatic carbocycles. The van der Waals surface area contributed by atoms with Gasteiger partial charge in [0.15, 0.2) is 12.4 Å². The van der Waals surface area contributed by atoms with E-state index in [1.165, 1.54) is 5.56 Å². The van der Waals surface area contributed by atoms with Crippen molar-refractivity contribution in [2.24, 2.45) is 7.05 Å². The molecule has 0 aliphatic heterocycles. The summed E-state index contributed by atoms with van der Waals surface area (Å²) in [6.45, 7) is 2.16. The Morgan fingerprint density at radius 1 is 1.36 bits per heavy atom. The summed E-state index contributed by atoms with van der Waals surface area (Å²) in [6, 6.07) is 4.28. The summed E-state index contributed by atoms with van der Waals surface area (Å²) in [6.07, 6.45) is 5.87. The Hall–Kier alpha value is -0.940. The molecule has 4 nitrogen and oxygen atoms in total. The lowest BCUT2D eigenvalue weighted by Gasteiger charge is -1.90. The van der Waals surface area contributed by atoms with Crippen LogP contribution in [0.4, 0.5) is 0 Å².